The van der Waals surface area contributed by atoms with Crippen LogP contribution in [0.25, 0.3) is 0 Å². The van der Waals surface area contributed by atoms with Gasteiger partial charge in [-0.3, -0.25) is 9.80 Å². The Kier molecular flexibility index (Phi) is 7.44. The molecule has 142 valence electrons. The minimum absolute atomic E-state index is 0.251. The maximum absolute atomic E-state index is 10.1. The van der Waals surface area contributed by atoms with Crippen LogP contribution in [0.15, 0.2) is 60.7 Å². The lowest BCUT2D eigenvalue weighted by Gasteiger charge is -2.40. The minimum Gasteiger partial charge on any atom is -0.389 e. The summed E-state index contributed by atoms with van der Waals surface area (Å²) in [6.45, 7) is 4.96. The SMILES string of the molecule is C#CCOCC(O)CN1CCN(C(c2ccccc2)c2ccccc2)CC1. The normalized spacial score (nSPS) is 16.9. The Bertz CT molecular complexity index is 667. The van der Waals surface area contributed by atoms with Gasteiger partial charge in [0.15, 0.2) is 0 Å². The molecule has 3 rings (SSSR count). The number of β-amino-alcohol motifs (C(OH)–C–C–N with tert-alkyl or cyclic N) is 1. The van der Waals surface area contributed by atoms with E-state index in [4.69, 9.17) is 11.2 Å². The van der Waals surface area contributed by atoms with Crippen molar-refractivity contribution in [1.29, 1.82) is 0 Å². The van der Waals surface area contributed by atoms with E-state index in [2.05, 4.69) is 76.4 Å². The molecule has 0 aromatic heterocycles. The molecule has 1 atom stereocenters. The molecule has 1 heterocycles. The molecule has 1 aliphatic rings. The molecule has 0 amide bonds. The molecule has 0 spiro atoms. The van der Waals surface area contributed by atoms with Gasteiger partial charge in [-0.25, -0.2) is 0 Å². The molecule has 4 heteroatoms. The zero-order valence-corrected chi connectivity index (χ0v) is 15.7. The summed E-state index contributed by atoms with van der Waals surface area (Å²) in [5, 5.41) is 10.1. The third-order valence-corrected chi connectivity index (χ3v) is 4.97. The van der Waals surface area contributed by atoms with Crippen molar-refractivity contribution in [3.8, 4) is 12.3 Å². The molecule has 4 nitrogen and oxygen atoms in total. The maximum Gasteiger partial charge on any atom is 0.107 e. The monoisotopic (exact) mass is 364 g/mol. The largest absolute Gasteiger partial charge is 0.389 e. The van der Waals surface area contributed by atoms with Crippen molar-refractivity contribution in [3.63, 3.8) is 0 Å². The lowest BCUT2D eigenvalue weighted by molar-refractivity contribution is 0.0131. The van der Waals surface area contributed by atoms with Gasteiger partial charge in [0, 0.05) is 32.7 Å². The van der Waals surface area contributed by atoms with Crippen molar-refractivity contribution >= 4 is 0 Å². The average molecular weight is 364 g/mol. The Hall–Kier alpha value is -2.16. The number of terminal acetylenes is 1. The van der Waals surface area contributed by atoms with Crippen LogP contribution in [0.2, 0.25) is 0 Å². The first-order valence-electron chi connectivity index (χ1n) is 9.53. The molecule has 1 aliphatic heterocycles. The number of nitrogens with zero attached hydrogens (tertiary/aromatic N) is 2. The highest BCUT2D eigenvalue weighted by Gasteiger charge is 2.26. The quantitative estimate of drug-likeness (QED) is 0.576. The molecule has 0 bridgehead atoms. The molecular weight excluding hydrogens is 336 g/mol. The van der Waals surface area contributed by atoms with E-state index >= 15 is 0 Å². The molecule has 1 N–H and O–H groups in total. The molecule has 0 saturated carbocycles. The second kappa shape index (κ2) is 10.2. The summed E-state index contributed by atoms with van der Waals surface area (Å²) in [5.41, 5.74) is 2.64. The Balaban J connectivity index is 1.61. The van der Waals surface area contributed by atoms with E-state index in [1.807, 2.05) is 0 Å². The van der Waals surface area contributed by atoms with Crippen LogP contribution < -0.4 is 0 Å². The van der Waals surface area contributed by atoms with Gasteiger partial charge in [-0.1, -0.05) is 66.6 Å². The molecule has 27 heavy (non-hydrogen) atoms. The number of hydrogen-bond donors (Lipinski definition) is 1. The van der Waals surface area contributed by atoms with Crippen LogP contribution in [0.3, 0.4) is 0 Å². The summed E-state index contributed by atoms with van der Waals surface area (Å²) in [5.74, 6) is 2.42. The first-order chi connectivity index (χ1) is 13.3. The summed E-state index contributed by atoms with van der Waals surface area (Å²) >= 11 is 0. The van der Waals surface area contributed by atoms with Crippen LogP contribution >= 0.6 is 0 Å². The van der Waals surface area contributed by atoms with E-state index in [1.54, 1.807) is 0 Å². The highest BCUT2D eigenvalue weighted by molar-refractivity contribution is 5.31. The summed E-state index contributed by atoms with van der Waals surface area (Å²) in [4.78, 5) is 4.83. The van der Waals surface area contributed by atoms with Gasteiger partial charge in [0.2, 0.25) is 0 Å². The molecule has 2 aromatic carbocycles. The van der Waals surface area contributed by atoms with Gasteiger partial charge in [-0.15, -0.1) is 6.42 Å². The van der Waals surface area contributed by atoms with Crippen LogP contribution in [-0.4, -0.2) is 66.9 Å². The second-order valence-electron chi connectivity index (χ2n) is 6.93. The molecule has 1 unspecified atom stereocenters. The first-order valence-corrected chi connectivity index (χ1v) is 9.53. The zero-order valence-electron chi connectivity index (χ0n) is 15.7. The van der Waals surface area contributed by atoms with Crippen molar-refractivity contribution < 1.29 is 9.84 Å². The van der Waals surface area contributed by atoms with Gasteiger partial charge in [-0.05, 0) is 11.1 Å². The standard InChI is InChI=1S/C23H28N2O2/c1-2-17-27-19-22(26)18-24-13-15-25(16-14-24)23(20-9-5-3-6-10-20)21-11-7-4-8-12-21/h1,3-12,22-23,26H,13-19H2. The van der Waals surface area contributed by atoms with E-state index in [1.165, 1.54) is 11.1 Å². The minimum atomic E-state index is -0.496. The van der Waals surface area contributed by atoms with Crippen LogP contribution in [0.4, 0.5) is 0 Å². The van der Waals surface area contributed by atoms with Gasteiger partial charge < -0.3 is 9.84 Å². The Morgan fingerprint density at radius 2 is 1.48 bits per heavy atom. The maximum atomic E-state index is 10.1. The fraction of sp³-hybridized carbons (Fsp3) is 0.391. The predicted molar refractivity (Wildman–Crippen MR) is 108 cm³/mol. The third-order valence-electron chi connectivity index (χ3n) is 4.97. The molecular formula is C23H28N2O2. The Morgan fingerprint density at radius 1 is 0.926 bits per heavy atom. The lowest BCUT2D eigenvalue weighted by Crippen LogP contribution is -2.50. The molecule has 1 saturated heterocycles. The van der Waals surface area contributed by atoms with E-state index < -0.39 is 6.10 Å². The number of ether oxygens (including phenoxy) is 1. The van der Waals surface area contributed by atoms with Crippen LogP contribution in [-0.2, 0) is 4.74 Å². The zero-order chi connectivity index (χ0) is 18.9. The van der Waals surface area contributed by atoms with E-state index in [0.29, 0.717) is 13.2 Å². The van der Waals surface area contributed by atoms with Crippen molar-refractivity contribution in [3.05, 3.63) is 71.8 Å². The van der Waals surface area contributed by atoms with E-state index in [0.717, 1.165) is 26.2 Å². The fourth-order valence-electron chi connectivity index (χ4n) is 3.69. The Morgan fingerprint density at radius 3 is 2.00 bits per heavy atom. The number of aliphatic hydroxyl groups is 1. The van der Waals surface area contributed by atoms with Gasteiger partial charge in [0.1, 0.15) is 6.61 Å². The smallest absolute Gasteiger partial charge is 0.107 e. The Labute approximate surface area is 162 Å². The number of piperazine rings is 1. The summed E-state index contributed by atoms with van der Waals surface area (Å²) in [6, 6.07) is 21.6. The van der Waals surface area contributed by atoms with Crippen molar-refractivity contribution in [2.24, 2.45) is 0 Å². The van der Waals surface area contributed by atoms with Gasteiger partial charge >= 0.3 is 0 Å². The van der Waals surface area contributed by atoms with Gasteiger partial charge in [-0.2, -0.15) is 0 Å². The predicted octanol–water partition coefficient (Wildman–Crippen LogP) is 2.40. The summed E-state index contributed by atoms with van der Waals surface area (Å²) < 4.78 is 5.24. The number of rotatable bonds is 8. The van der Waals surface area contributed by atoms with Crippen molar-refractivity contribution in [1.82, 2.24) is 9.80 Å². The van der Waals surface area contributed by atoms with Crippen LogP contribution in [0, 0.1) is 12.3 Å². The van der Waals surface area contributed by atoms with Gasteiger partial charge in [0.05, 0.1) is 18.8 Å². The lowest BCUT2D eigenvalue weighted by atomic mass is 9.96. The first kappa shape index (κ1) is 19.6. The van der Waals surface area contributed by atoms with E-state index in [9.17, 15) is 5.11 Å². The summed E-state index contributed by atoms with van der Waals surface area (Å²) in [6.07, 6.45) is 4.67. The molecule has 1 fully saturated rings. The van der Waals surface area contributed by atoms with Crippen LogP contribution in [0.1, 0.15) is 17.2 Å². The van der Waals surface area contributed by atoms with Crippen LogP contribution in [0.5, 0.6) is 0 Å². The highest BCUT2D eigenvalue weighted by Crippen LogP contribution is 2.29. The highest BCUT2D eigenvalue weighted by atomic mass is 16.5. The molecule has 0 radical (unpaired) electrons. The van der Waals surface area contributed by atoms with Crippen molar-refractivity contribution in [2.75, 3.05) is 45.9 Å². The second-order valence-corrected chi connectivity index (χ2v) is 6.93. The molecule has 0 aliphatic carbocycles. The van der Waals surface area contributed by atoms with Gasteiger partial charge in [0.25, 0.3) is 0 Å². The average Bonchev–Trinajstić information content (AvgIpc) is 2.71. The fourth-order valence-corrected chi connectivity index (χ4v) is 3.69. The molecule has 2 aromatic rings. The van der Waals surface area contributed by atoms with Crippen molar-refractivity contribution in [2.45, 2.75) is 12.1 Å². The third kappa shape index (κ3) is 5.66. The number of benzene rings is 2. The topological polar surface area (TPSA) is 35.9 Å². The number of hydrogen-bond acceptors (Lipinski definition) is 4. The summed E-state index contributed by atoms with van der Waals surface area (Å²) in [7, 11) is 0. The van der Waals surface area contributed by atoms with E-state index in [-0.39, 0.29) is 12.6 Å². The number of aliphatic hydroxyl groups excluding tert-OH is 1.